The molecule has 0 unspecified atom stereocenters. The number of anilines is 1. The van der Waals surface area contributed by atoms with E-state index in [1.807, 2.05) is 0 Å². The molecule has 0 heterocycles. The molecule has 0 bridgehead atoms. The Labute approximate surface area is 182 Å². The number of hydrogen-bond acceptors (Lipinski definition) is 4. The quantitative estimate of drug-likeness (QED) is 0.416. The number of amides is 1. The molecule has 1 aliphatic rings. The summed E-state index contributed by atoms with van der Waals surface area (Å²) in [6.07, 6.45) is 4.64. The van der Waals surface area contributed by atoms with Gasteiger partial charge in [-0.15, -0.1) is 0 Å². The number of nitrogens with one attached hydrogen (secondary N) is 4. The van der Waals surface area contributed by atoms with Gasteiger partial charge in [0.05, 0.1) is 4.90 Å². The third-order valence-electron chi connectivity index (χ3n) is 5.17. The summed E-state index contributed by atoms with van der Waals surface area (Å²) in [5.74, 6) is 0.129. The molecule has 0 aromatic heterocycles. The molecule has 2 aromatic rings. The second-order valence-corrected chi connectivity index (χ2v) is 9.51. The molecule has 1 fully saturated rings. The first-order valence-corrected chi connectivity index (χ1v) is 11.8. The van der Waals surface area contributed by atoms with Crippen LogP contribution in [0.15, 0.2) is 59.5 Å². The van der Waals surface area contributed by atoms with E-state index in [0.29, 0.717) is 28.3 Å². The highest BCUT2D eigenvalue weighted by atomic mass is 32.2. The minimum Gasteiger partial charge on any atom is -0.358 e. The largest absolute Gasteiger partial charge is 0.358 e. The Balaban J connectivity index is 1.54. The first-order valence-electron chi connectivity index (χ1n) is 9.90. The molecule has 0 aliphatic heterocycles. The lowest BCUT2D eigenvalue weighted by molar-refractivity contribution is 0.0943. The van der Waals surface area contributed by atoms with Crippen LogP contribution >= 0.6 is 12.2 Å². The molecule has 1 saturated carbocycles. The number of carbonyl (C=O) groups is 1. The minimum absolute atomic E-state index is 0.0688. The van der Waals surface area contributed by atoms with Gasteiger partial charge < -0.3 is 5.32 Å². The van der Waals surface area contributed by atoms with Gasteiger partial charge in [-0.1, -0.05) is 38.0 Å². The number of para-hydroxylation sites is 1. The highest BCUT2D eigenvalue weighted by Gasteiger charge is 2.22. The summed E-state index contributed by atoms with van der Waals surface area (Å²) >= 11 is 5.26. The highest BCUT2D eigenvalue weighted by molar-refractivity contribution is 7.92. The maximum Gasteiger partial charge on any atom is 0.269 e. The standard InChI is InChI=1S/C21H26N4O3S2/c1-15-7-5-6-10-19(15)22-21(29)24-23-20(26)16-11-13-18(14-12-16)30(27,28)25-17-8-3-2-4-9-17/h2-4,8-9,11-15,19,25H,5-7,10H2,1H3,(H,23,26)(H2,22,24,29)/t15-,19+/m0/s1. The van der Waals surface area contributed by atoms with Crippen molar-refractivity contribution in [3.63, 3.8) is 0 Å². The van der Waals surface area contributed by atoms with E-state index in [2.05, 4.69) is 27.8 Å². The maximum absolute atomic E-state index is 12.5. The van der Waals surface area contributed by atoms with Crippen molar-refractivity contribution in [2.75, 3.05) is 4.72 Å². The van der Waals surface area contributed by atoms with Crippen molar-refractivity contribution in [2.45, 2.75) is 43.5 Å². The van der Waals surface area contributed by atoms with Gasteiger partial charge >= 0.3 is 0 Å². The van der Waals surface area contributed by atoms with Crippen LogP contribution in [0.4, 0.5) is 5.69 Å². The molecule has 9 heteroatoms. The van der Waals surface area contributed by atoms with Crippen LogP contribution in [-0.4, -0.2) is 25.5 Å². The summed E-state index contributed by atoms with van der Waals surface area (Å²) in [5.41, 5.74) is 6.04. The van der Waals surface area contributed by atoms with Gasteiger partial charge in [-0.3, -0.25) is 20.4 Å². The molecule has 0 radical (unpaired) electrons. The number of sulfonamides is 1. The lowest BCUT2D eigenvalue weighted by atomic mass is 9.86. The summed E-state index contributed by atoms with van der Waals surface area (Å²) < 4.78 is 27.4. The van der Waals surface area contributed by atoms with Gasteiger partial charge in [0.1, 0.15) is 0 Å². The molecule has 0 saturated heterocycles. The van der Waals surface area contributed by atoms with Gasteiger partial charge in [-0.2, -0.15) is 0 Å². The Morgan fingerprint density at radius 2 is 1.63 bits per heavy atom. The summed E-state index contributed by atoms with van der Waals surface area (Å²) in [4.78, 5) is 12.4. The first-order chi connectivity index (χ1) is 14.3. The van der Waals surface area contributed by atoms with Crippen molar-refractivity contribution < 1.29 is 13.2 Å². The molecular formula is C21H26N4O3S2. The van der Waals surface area contributed by atoms with E-state index in [1.54, 1.807) is 30.3 Å². The van der Waals surface area contributed by atoms with Crippen molar-refractivity contribution >= 4 is 38.9 Å². The first kappa shape index (κ1) is 22.0. The molecule has 4 N–H and O–H groups in total. The Morgan fingerprint density at radius 1 is 0.967 bits per heavy atom. The molecule has 7 nitrogen and oxygen atoms in total. The van der Waals surface area contributed by atoms with Crippen molar-refractivity contribution in [2.24, 2.45) is 5.92 Å². The normalized spacial score (nSPS) is 18.8. The van der Waals surface area contributed by atoms with Gasteiger partial charge in [0.25, 0.3) is 15.9 Å². The van der Waals surface area contributed by atoms with E-state index < -0.39 is 15.9 Å². The molecular weight excluding hydrogens is 420 g/mol. The summed E-state index contributed by atoms with van der Waals surface area (Å²) in [5, 5.41) is 3.61. The molecule has 1 amide bonds. The van der Waals surface area contributed by atoms with Crippen LogP contribution in [0.1, 0.15) is 43.0 Å². The Kier molecular flexibility index (Phi) is 7.28. The van der Waals surface area contributed by atoms with Crippen molar-refractivity contribution in [1.29, 1.82) is 0 Å². The van der Waals surface area contributed by atoms with E-state index in [0.717, 1.165) is 6.42 Å². The number of rotatable bonds is 5. The van der Waals surface area contributed by atoms with E-state index in [4.69, 9.17) is 12.2 Å². The third-order valence-corrected chi connectivity index (χ3v) is 6.79. The van der Waals surface area contributed by atoms with Crippen LogP contribution in [0, 0.1) is 5.92 Å². The predicted molar refractivity (Wildman–Crippen MR) is 121 cm³/mol. The summed E-state index contributed by atoms with van der Waals surface area (Å²) in [6.45, 7) is 2.19. The van der Waals surface area contributed by atoms with Crippen LogP contribution in [-0.2, 0) is 10.0 Å². The van der Waals surface area contributed by atoms with Gasteiger partial charge in [-0.05, 0) is 67.4 Å². The molecule has 1 aliphatic carbocycles. The van der Waals surface area contributed by atoms with Crippen molar-refractivity contribution in [3.8, 4) is 0 Å². The topological polar surface area (TPSA) is 99.3 Å². The lowest BCUT2D eigenvalue weighted by Gasteiger charge is -2.30. The van der Waals surface area contributed by atoms with Crippen LogP contribution < -0.4 is 20.9 Å². The zero-order valence-electron chi connectivity index (χ0n) is 16.7. The Hall–Kier alpha value is -2.65. The van der Waals surface area contributed by atoms with Gasteiger partial charge in [-0.25, -0.2) is 8.42 Å². The minimum atomic E-state index is -3.73. The number of thiocarbonyl (C=S) groups is 1. The molecule has 2 atom stereocenters. The van der Waals surface area contributed by atoms with Crippen LogP contribution in [0.5, 0.6) is 0 Å². The van der Waals surface area contributed by atoms with E-state index in [-0.39, 0.29) is 4.90 Å². The number of benzene rings is 2. The van der Waals surface area contributed by atoms with Gasteiger partial charge in [0.15, 0.2) is 5.11 Å². The van der Waals surface area contributed by atoms with Crippen LogP contribution in [0.2, 0.25) is 0 Å². The highest BCUT2D eigenvalue weighted by Crippen LogP contribution is 2.23. The zero-order chi connectivity index (χ0) is 21.6. The average molecular weight is 447 g/mol. The third kappa shape index (κ3) is 5.93. The fourth-order valence-corrected chi connectivity index (χ4v) is 4.69. The van der Waals surface area contributed by atoms with E-state index in [1.165, 1.54) is 43.5 Å². The van der Waals surface area contributed by atoms with Gasteiger partial charge in [0, 0.05) is 17.3 Å². The van der Waals surface area contributed by atoms with Crippen molar-refractivity contribution in [1.82, 2.24) is 16.2 Å². The lowest BCUT2D eigenvalue weighted by Crippen LogP contribution is -2.51. The smallest absolute Gasteiger partial charge is 0.269 e. The number of hydrogen-bond donors (Lipinski definition) is 4. The van der Waals surface area contributed by atoms with Crippen LogP contribution in [0.25, 0.3) is 0 Å². The summed E-state index contributed by atoms with van der Waals surface area (Å²) in [6, 6.07) is 14.6. The predicted octanol–water partition coefficient (Wildman–Crippen LogP) is 3.18. The Bertz CT molecular complexity index is 979. The SMILES string of the molecule is C[C@H]1CCCC[C@H]1NC(=S)NNC(=O)c1ccc(S(=O)(=O)Nc2ccccc2)cc1. The van der Waals surface area contributed by atoms with E-state index >= 15 is 0 Å². The number of carbonyl (C=O) groups excluding carboxylic acids is 1. The number of hydrazine groups is 1. The average Bonchev–Trinajstić information content (AvgIpc) is 2.74. The molecule has 0 spiro atoms. The molecule has 160 valence electrons. The maximum atomic E-state index is 12.5. The van der Waals surface area contributed by atoms with Crippen LogP contribution in [0.3, 0.4) is 0 Å². The van der Waals surface area contributed by atoms with Gasteiger partial charge in [0.2, 0.25) is 0 Å². The molecule has 30 heavy (non-hydrogen) atoms. The fourth-order valence-electron chi connectivity index (χ4n) is 3.43. The summed E-state index contributed by atoms with van der Waals surface area (Å²) in [7, 11) is -3.73. The molecule has 3 rings (SSSR count). The monoisotopic (exact) mass is 446 g/mol. The van der Waals surface area contributed by atoms with Crippen molar-refractivity contribution in [3.05, 3.63) is 60.2 Å². The molecule has 2 aromatic carbocycles. The fraction of sp³-hybridized carbons (Fsp3) is 0.333. The Morgan fingerprint density at radius 3 is 2.30 bits per heavy atom. The van der Waals surface area contributed by atoms with E-state index in [9.17, 15) is 13.2 Å². The second-order valence-electron chi connectivity index (χ2n) is 7.42. The second kappa shape index (κ2) is 9.90. The zero-order valence-corrected chi connectivity index (χ0v) is 18.4.